The van der Waals surface area contributed by atoms with Crippen molar-refractivity contribution in [1.82, 2.24) is 5.32 Å². The van der Waals surface area contributed by atoms with Crippen molar-refractivity contribution in [2.45, 2.75) is 19.3 Å². The molecule has 0 aliphatic rings. The van der Waals surface area contributed by atoms with Crippen LogP contribution in [0.5, 0.6) is 0 Å². The summed E-state index contributed by atoms with van der Waals surface area (Å²) in [6, 6.07) is 11.1. The molecule has 0 spiro atoms. The van der Waals surface area contributed by atoms with Crippen LogP contribution in [0.25, 0.3) is 0 Å². The lowest BCUT2D eigenvalue weighted by molar-refractivity contribution is 0.0946. The normalized spacial score (nSPS) is 11.3. The van der Waals surface area contributed by atoms with Crippen LogP contribution in [0.3, 0.4) is 0 Å². The van der Waals surface area contributed by atoms with Gasteiger partial charge >= 0.3 is 0 Å². The number of benzene rings is 1. The molecule has 0 radical (unpaired) electrons. The van der Waals surface area contributed by atoms with E-state index in [1.165, 1.54) is 4.88 Å². The molecule has 0 saturated carbocycles. The molecular formula is C15H18N2OS. The summed E-state index contributed by atoms with van der Waals surface area (Å²) in [5.41, 5.74) is 6.84. The highest BCUT2D eigenvalue weighted by molar-refractivity contribution is 7.10. The lowest BCUT2D eigenvalue weighted by Crippen LogP contribution is -2.36. The maximum absolute atomic E-state index is 12.0. The van der Waals surface area contributed by atoms with Gasteiger partial charge in [-0.2, -0.15) is 0 Å². The third kappa shape index (κ3) is 3.35. The van der Waals surface area contributed by atoms with E-state index in [0.717, 1.165) is 0 Å². The van der Waals surface area contributed by atoms with Gasteiger partial charge in [0.1, 0.15) is 0 Å². The van der Waals surface area contributed by atoms with Crippen molar-refractivity contribution in [3.05, 3.63) is 52.2 Å². The fraction of sp³-hybridized carbons (Fsp3) is 0.267. The van der Waals surface area contributed by atoms with E-state index in [4.69, 9.17) is 5.73 Å². The molecule has 3 N–H and O–H groups in total. The van der Waals surface area contributed by atoms with Crippen LogP contribution in [0.1, 0.15) is 29.1 Å². The summed E-state index contributed by atoms with van der Waals surface area (Å²) in [6.45, 7) is 4.86. The predicted molar refractivity (Wildman–Crippen MR) is 80.5 cm³/mol. The Balaban J connectivity index is 1.99. The lowest BCUT2D eigenvalue weighted by Gasteiger charge is -2.23. The Hall–Kier alpha value is -1.81. The van der Waals surface area contributed by atoms with E-state index in [9.17, 15) is 4.79 Å². The van der Waals surface area contributed by atoms with Crippen LogP contribution < -0.4 is 11.1 Å². The Kier molecular flexibility index (Phi) is 3.90. The van der Waals surface area contributed by atoms with Crippen LogP contribution in [-0.4, -0.2) is 12.5 Å². The van der Waals surface area contributed by atoms with Gasteiger partial charge in [0.25, 0.3) is 5.91 Å². The van der Waals surface area contributed by atoms with E-state index in [1.807, 2.05) is 6.07 Å². The van der Waals surface area contributed by atoms with Gasteiger partial charge in [-0.05, 0) is 35.7 Å². The van der Waals surface area contributed by atoms with Crippen molar-refractivity contribution in [2.24, 2.45) is 0 Å². The van der Waals surface area contributed by atoms with Gasteiger partial charge in [-0.15, -0.1) is 11.3 Å². The molecule has 0 unspecified atom stereocenters. The SMILES string of the molecule is CC(C)(CNC(=O)c1ccc(N)cc1)c1cccs1. The number of thiophene rings is 1. The maximum atomic E-state index is 12.0. The summed E-state index contributed by atoms with van der Waals surface area (Å²) >= 11 is 1.71. The molecule has 2 aromatic rings. The second-order valence-electron chi connectivity index (χ2n) is 5.17. The average molecular weight is 274 g/mol. The molecule has 0 fully saturated rings. The van der Waals surface area contributed by atoms with E-state index >= 15 is 0 Å². The standard InChI is InChI=1S/C15H18N2OS/c1-15(2,13-4-3-9-19-13)10-17-14(18)11-5-7-12(16)8-6-11/h3-9H,10,16H2,1-2H3,(H,17,18). The molecule has 0 bridgehead atoms. The highest BCUT2D eigenvalue weighted by Gasteiger charge is 2.22. The van der Waals surface area contributed by atoms with Crippen LogP contribution in [0, 0.1) is 0 Å². The first-order chi connectivity index (χ1) is 8.99. The lowest BCUT2D eigenvalue weighted by atomic mass is 9.91. The number of hydrogen-bond acceptors (Lipinski definition) is 3. The molecule has 0 aliphatic heterocycles. The Morgan fingerprint density at radius 1 is 1.26 bits per heavy atom. The minimum atomic E-state index is -0.0652. The second-order valence-corrected chi connectivity index (χ2v) is 6.11. The molecule has 1 aromatic heterocycles. The molecular weight excluding hydrogens is 256 g/mol. The second kappa shape index (κ2) is 5.45. The summed E-state index contributed by atoms with van der Waals surface area (Å²) in [5, 5.41) is 5.03. The fourth-order valence-corrected chi connectivity index (χ4v) is 2.64. The summed E-state index contributed by atoms with van der Waals surface area (Å²) in [4.78, 5) is 13.3. The molecule has 100 valence electrons. The molecule has 1 amide bonds. The van der Waals surface area contributed by atoms with Gasteiger partial charge in [-0.1, -0.05) is 19.9 Å². The quantitative estimate of drug-likeness (QED) is 0.842. The topological polar surface area (TPSA) is 55.1 Å². The summed E-state index contributed by atoms with van der Waals surface area (Å²) in [7, 11) is 0. The third-order valence-corrected chi connectivity index (χ3v) is 4.29. The largest absolute Gasteiger partial charge is 0.399 e. The van der Waals surface area contributed by atoms with Gasteiger partial charge < -0.3 is 11.1 Å². The number of hydrogen-bond donors (Lipinski definition) is 2. The van der Waals surface area contributed by atoms with Crippen molar-refractivity contribution < 1.29 is 4.79 Å². The smallest absolute Gasteiger partial charge is 0.251 e. The van der Waals surface area contributed by atoms with E-state index in [2.05, 4.69) is 30.6 Å². The van der Waals surface area contributed by atoms with Gasteiger partial charge in [0.15, 0.2) is 0 Å². The van der Waals surface area contributed by atoms with Gasteiger partial charge in [-0.25, -0.2) is 0 Å². The number of nitrogens with one attached hydrogen (secondary N) is 1. The summed E-state index contributed by atoms with van der Waals surface area (Å²) in [5.74, 6) is -0.0652. The molecule has 3 nitrogen and oxygen atoms in total. The number of amides is 1. The molecule has 0 saturated heterocycles. The zero-order chi connectivity index (χ0) is 13.9. The Morgan fingerprint density at radius 2 is 1.95 bits per heavy atom. The van der Waals surface area contributed by atoms with E-state index in [1.54, 1.807) is 35.6 Å². The Labute approximate surface area is 117 Å². The van der Waals surface area contributed by atoms with Crippen molar-refractivity contribution >= 4 is 22.9 Å². The van der Waals surface area contributed by atoms with Crippen molar-refractivity contribution in [3.63, 3.8) is 0 Å². The number of rotatable bonds is 4. The van der Waals surface area contributed by atoms with Crippen LogP contribution >= 0.6 is 11.3 Å². The minimum absolute atomic E-state index is 0.0579. The van der Waals surface area contributed by atoms with Gasteiger partial charge in [0.2, 0.25) is 0 Å². The first-order valence-corrected chi connectivity index (χ1v) is 7.05. The van der Waals surface area contributed by atoms with Crippen LogP contribution in [-0.2, 0) is 5.41 Å². The number of anilines is 1. The molecule has 4 heteroatoms. The summed E-state index contributed by atoms with van der Waals surface area (Å²) < 4.78 is 0. The number of carbonyl (C=O) groups excluding carboxylic acids is 1. The number of nitrogen functional groups attached to an aromatic ring is 1. The highest BCUT2D eigenvalue weighted by atomic mass is 32.1. The van der Waals surface area contributed by atoms with E-state index in [0.29, 0.717) is 17.8 Å². The Bertz CT molecular complexity index is 544. The van der Waals surface area contributed by atoms with E-state index < -0.39 is 0 Å². The average Bonchev–Trinajstić information content (AvgIpc) is 2.91. The minimum Gasteiger partial charge on any atom is -0.399 e. The first-order valence-electron chi connectivity index (χ1n) is 6.17. The van der Waals surface area contributed by atoms with Gasteiger partial charge in [0, 0.05) is 28.1 Å². The van der Waals surface area contributed by atoms with Gasteiger partial charge in [-0.3, -0.25) is 4.79 Å². The fourth-order valence-electron chi connectivity index (χ4n) is 1.79. The summed E-state index contributed by atoms with van der Waals surface area (Å²) in [6.07, 6.45) is 0. The predicted octanol–water partition coefficient (Wildman–Crippen LogP) is 3.04. The highest BCUT2D eigenvalue weighted by Crippen LogP contribution is 2.26. The molecule has 2 rings (SSSR count). The maximum Gasteiger partial charge on any atom is 0.251 e. The van der Waals surface area contributed by atoms with Gasteiger partial charge in [0.05, 0.1) is 0 Å². The monoisotopic (exact) mass is 274 g/mol. The molecule has 19 heavy (non-hydrogen) atoms. The first kappa shape index (κ1) is 13.6. The van der Waals surface area contributed by atoms with Crippen LogP contribution in [0.4, 0.5) is 5.69 Å². The van der Waals surface area contributed by atoms with E-state index in [-0.39, 0.29) is 11.3 Å². The molecule has 0 aliphatic carbocycles. The zero-order valence-electron chi connectivity index (χ0n) is 11.1. The zero-order valence-corrected chi connectivity index (χ0v) is 12.0. The number of nitrogens with two attached hydrogens (primary N) is 1. The Morgan fingerprint density at radius 3 is 2.53 bits per heavy atom. The molecule has 1 heterocycles. The molecule has 1 aromatic carbocycles. The van der Waals surface area contributed by atoms with Crippen molar-refractivity contribution in [1.29, 1.82) is 0 Å². The third-order valence-electron chi connectivity index (χ3n) is 3.05. The van der Waals surface area contributed by atoms with Crippen molar-refractivity contribution in [2.75, 3.05) is 12.3 Å². The van der Waals surface area contributed by atoms with Crippen LogP contribution in [0.15, 0.2) is 41.8 Å². The number of carbonyl (C=O) groups is 1. The van der Waals surface area contributed by atoms with Crippen molar-refractivity contribution in [3.8, 4) is 0 Å². The van der Waals surface area contributed by atoms with Crippen LogP contribution in [0.2, 0.25) is 0 Å². The molecule has 0 atom stereocenters.